The highest BCUT2D eigenvalue weighted by atomic mass is 79.9. The quantitative estimate of drug-likeness (QED) is 0.656. The van der Waals surface area contributed by atoms with Gasteiger partial charge in [0.15, 0.2) is 0 Å². The molecule has 1 aromatic rings. The zero-order valence-corrected chi connectivity index (χ0v) is 14.3. The van der Waals surface area contributed by atoms with Crippen LogP contribution in [0.3, 0.4) is 0 Å². The first-order chi connectivity index (χ1) is 9.63. The van der Waals surface area contributed by atoms with Gasteiger partial charge >= 0.3 is 0 Å². The third-order valence-electron chi connectivity index (χ3n) is 3.39. The van der Waals surface area contributed by atoms with Crippen molar-refractivity contribution in [3.8, 4) is 5.75 Å². The first-order valence-corrected chi connectivity index (χ1v) is 8.00. The Kier molecular flexibility index (Phi) is 8.90. The summed E-state index contributed by atoms with van der Waals surface area (Å²) in [7, 11) is 1.73. The molecular formula is C16H26BrNO2. The predicted molar refractivity (Wildman–Crippen MR) is 87.3 cm³/mol. The van der Waals surface area contributed by atoms with Gasteiger partial charge in [0.2, 0.25) is 0 Å². The smallest absolute Gasteiger partial charge is 0.120 e. The van der Waals surface area contributed by atoms with Crippen molar-refractivity contribution < 1.29 is 9.47 Å². The molecule has 114 valence electrons. The third-order valence-corrected chi connectivity index (χ3v) is 3.88. The van der Waals surface area contributed by atoms with E-state index in [0.29, 0.717) is 11.8 Å². The normalized spacial score (nSPS) is 12.7. The van der Waals surface area contributed by atoms with E-state index in [1.54, 1.807) is 7.11 Å². The van der Waals surface area contributed by atoms with Crippen LogP contribution in [0.25, 0.3) is 0 Å². The van der Waals surface area contributed by atoms with Gasteiger partial charge < -0.3 is 14.8 Å². The summed E-state index contributed by atoms with van der Waals surface area (Å²) in [6.07, 6.45) is 1.06. The maximum atomic E-state index is 5.81. The average Bonchev–Trinajstić information content (AvgIpc) is 2.41. The average molecular weight is 344 g/mol. The second-order valence-corrected chi connectivity index (χ2v) is 6.21. The van der Waals surface area contributed by atoms with Crippen molar-refractivity contribution in [1.29, 1.82) is 0 Å². The molecule has 0 fully saturated rings. The van der Waals surface area contributed by atoms with Crippen molar-refractivity contribution in [2.75, 3.05) is 33.4 Å². The molecule has 0 spiro atoms. The van der Waals surface area contributed by atoms with Crippen molar-refractivity contribution in [1.82, 2.24) is 5.32 Å². The number of hydrogen-bond acceptors (Lipinski definition) is 3. The summed E-state index contributed by atoms with van der Waals surface area (Å²) in [4.78, 5) is 0. The topological polar surface area (TPSA) is 30.5 Å². The minimum absolute atomic E-state index is 0.624. The van der Waals surface area contributed by atoms with Crippen LogP contribution in [0.15, 0.2) is 28.7 Å². The van der Waals surface area contributed by atoms with E-state index in [-0.39, 0.29) is 0 Å². The molecule has 0 aliphatic rings. The zero-order valence-electron chi connectivity index (χ0n) is 12.7. The van der Waals surface area contributed by atoms with Crippen LogP contribution in [0, 0.1) is 11.8 Å². The molecule has 0 saturated heterocycles. The minimum Gasteiger partial charge on any atom is -0.494 e. The molecule has 0 bridgehead atoms. The Morgan fingerprint density at radius 1 is 1.25 bits per heavy atom. The molecule has 0 aliphatic carbocycles. The van der Waals surface area contributed by atoms with Crippen molar-refractivity contribution in [3.63, 3.8) is 0 Å². The van der Waals surface area contributed by atoms with Gasteiger partial charge in [-0.15, -0.1) is 0 Å². The van der Waals surface area contributed by atoms with Crippen LogP contribution in [0.4, 0.5) is 0 Å². The second kappa shape index (κ2) is 10.2. The van der Waals surface area contributed by atoms with Crippen LogP contribution in [0.2, 0.25) is 0 Å². The summed E-state index contributed by atoms with van der Waals surface area (Å²) in [5.41, 5.74) is 0. The Morgan fingerprint density at radius 3 is 2.70 bits per heavy atom. The molecule has 1 aromatic carbocycles. The van der Waals surface area contributed by atoms with Crippen LogP contribution in [0.5, 0.6) is 5.75 Å². The van der Waals surface area contributed by atoms with Crippen molar-refractivity contribution in [3.05, 3.63) is 28.7 Å². The van der Waals surface area contributed by atoms with Crippen LogP contribution < -0.4 is 10.1 Å². The molecule has 0 heterocycles. The Hall–Kier alpha value is -0.580. The number of nitrogens with one attached hydrogen (secondary N) is 1. The van der Waals surface area contributed by atoms with Gasteiger partial charge in [0.1, 0.15) is 5.75 Å². The summed E-state index contributed by atoms with van der Waals surface area (Å²) < 4.78 is 11.9. The minimum atomic E-state index is 0.624. The van der Waals surface area contributed by atoms with Crippen molar-refractivity contribution >= 4 is 15.9 Å². The maximum absolute atomic E-state index is 5.81. The van der Waals surface area contributed by atoms with Gasteiger partial charge in [-0.25, -0.2) is 0 Å². The van der Waals surface area contributed by atoms with Crippen LogP contribution in [-0.4, -0.2) is 33.4 Å². The van der Waals surface area contributed by atoms with E-state index in [0.717, 1.165) is 42.9 Å². The van der Waals surface area contributed by atoms with Gasteiger partial charge in [-0.05, 0) is 43.0 Å². The lowest BCUT2D eigenvalue weighted by Gasteiger charge is -2.21. The first kappa shape index (κ1) is 17.5. The van der Waals surface area contributed by atoms with Crippen LogP contribution in [0.1, 0.15) is 20.3 Å². The van der Waals surface area contributed by atoms with Crippen molar-refractivity contribution in [2.45, 2.75) is 20.3 Å². The van der Waals surface area contributed by atoms with Gasteiger partial charge in [-0.2, -0.15) is 0 Å². The van der Waals surface area contributed by atoms with E-state index in [9.17, 15) is 0 Å². The van der Waals surface area contributed by atoms with Gasteiger partial charge in [0.05, 0.1) is 13.2 Å². The number of benzene rings is 1. The number of halogens is 1. The zero-order chi connectivity index (χ0) is 14.8. The summed E-state index contributed by atoms with van der Waals surface area (Å²) in [5.74, 6) is 2.20. The predicted octanol–water partition coefficient (Wildman–Crippen LogP) is 3.73. The molecule has 0 aromatic heterocycles. The van der Waals surface area contributed by atoms with Gasteiger partial charge in [-0.3, -0.25) is 0 Å². The first-order valence-electron chi connectivity index (χ1n) is 7.21. The van der Waals surface area contributed by atoms with E-state index >= 15 is 0 Å². The monoisotopic (exact) mass is 343 g/mol. The Balaban J connectivity index is 2.28. The van der Waals surface area contributed by atoms with E-state index in [1.165, 1.54) is 0 Å². The molecule has 20 heavy (non-hydrogen) atoms. The Labute approximate surface area is 131 Å². The Bertz CT molecular complexity index is 371. The van der Waals surface area contributed by atoms with Crippen molar-refractivity contribution in [2.24, 2.45) is 11.8 Å². The fourth-order valence-electron chi connectivity index (χ4n) is 2.02. The standard InChI is InChI=1S/C16H26BrNO2/c1-13(2)14(12-18-8-10-19-3)7-9-20-16-6-4-5-15(17)11-16/h4-6,11,13-14,18H,7-10,12H2,1-3H3. The molecule has 1 atom stereocenters. The van der Waals surface area contributed by atoms with Crippen LogP contribution >= 0.6 is 15.9 Å². The number of ether oxygens (including phenoxy) is 2. The highest BCUT2D eigenvalue weighted by molar-refractivity contribution is 9.10. The maximum Gasteiger partial charge on any atom is 0.120 e. The SMILES string of the molecule is COCCNCC(CCOc1cccc(Br)c1)C(C)C. The number of rotatable bonds is 10. The highest BCUT2D eigenvalue weighted by Gasteiger charge is 2.13. The third kappa shape index (κ3) is 7.27. The van der Waals surface area contributed by atoms with Gasteiger partial charge in [0, 0.05) is 18.1 Å². The Morgan fingerprint density at radius 2 is 2.05 bits per heavy atom. The molecule has 1 N–H and O–H groups in total. The lowest BCUT2D eigenvalue weighted by molar-refractivity contribution is 0.192. The molecule has 0 aliphatic heterocycles. The molecule has 1 unspecified atom stereocenters. The molecule has 0 amide bonds. The second-order valence-electron chi connectivity index (χ2n) is 5.30. The molecular weight excluding hydrogens is 318 g/mol. The van der Waals surface area contributed by atoms with E-state index in [2.05, 4.69) is 35.1 Å². The lowest BCUT2D eigenvalue weighted by atomic mass is 9.93. The number of methoxy groups -OCH3 is 1. The molecule has 0 saturated carbocycles. The molecule has 1 rings (SSSR count). The molecule has 4 heteroatoms. The van der Waals surface area contributed by atoms with Crippen LogP contribution in [-0.2, 0) is 4.74 Å². The van der Waals surface area contributed by atoms with E-state index < -0.39 is 0 Å². The summed E-state index contributed by atoms with van der Waals surface area (Å²) >= 11 is 3.45. The largest absolute Gasteiger partial charge is 0.494 e. The number of hydrogen-bond donors (Lipinski definition) is 1. The van der Waals surface area contributed by atoms with E-state index in [4.69, 9.17) is 9.47 Å². The fourth-order valence-corrected chi connectivity index (χ4v) is 2.40. The summed E-state index contributed by atoms with van der Waals surface area (Å²) in [6, 6.07) is 7.99. The van der Waals surface area contributed by atoms with E-state index in [1.807, 2.05) is 24.3 Å². The van der Waals surface area contributed by atoms with Gasteiger partial charge in [0.25, 0.3) is 0 Å². The summed E-state index contributed by atoms with van der Waals surface area (Å²) in [5, 5.41) is 3.44. The summed E-state index contributed by atoms with van der Waals surface area (Å²) in [6.45, 7) is 7.98. The lowest BCUT2D eigenvalue weighted by Crippen LogP contribution is -2.29. The molecule has 3 nitrogen and oxygen atoms in total. The fraction of sp³-hybridized carbons (Fsp3) is 0.625. The molecule has 0 radical (unpaired) electrons. The highest BCUT2D eigenvalue weighted by Crippen LogP contribution is 2.19. The van der Waals surface area contributed by atoms with Gasteiger partial charge in [-0.1, -0.05) is 35.8 Å².